The van der Waals surface area contributed by atoms with Crippen molar-refractivity contribution in [2.24, 2.45) is 4.40 Å². The molecule has 0 saturated carbocycles. The fourth-order valence-corrected chi connectivity index (χ4v) is 2.89. The lowest BCUT2D eigenvalue weighted by Crippen LogP contribution is -2.07. The van der Waals surface area contributed by atoms with Crippen LogP contribution in [0.1, 0.15) is 0 Å². The van der Waals surface area contributed by atoms with Crippen LogP contribution in [0.3, 0.4) is 0 Å². The van der Waals surface area contributed by atoms with Crippen molar-refractivity contribution in [2.75, 3.05) is 12.0 Å². The van der Waals surface area contributed by atoms with E-state index in [2.05, 4.69) is 4.40 Å². The summed E-state index contributed by atoms with van der Waals surface area (Å²) in [5, 5.41) is 8.48. The van der Waals surface area contributed by atoms with Gasteiger partial charge in [-0.1, -0.05) is 0 Å². The predicted octanol–water partition coefficient (Wildman–Crippen LogP) is 0.102. The van der Waals surface area contributed by atoms with E-state index in [-0.39, 0.29) is 10.7 Å². The van der Waals surface area contributed by atoms with Crippen LogP contribution in [0.2, 0.25) is 0 Å². The molecule has 0 bridgehead atoms. The predicted molar refractivity (Wildman–Crippen MR) is 50.5 cm³/mol. The van der Waals surface area contributed by atoms with E-state index in [9.17, 15) is 13.2 Å². The number of hydrogen-bond donors (Lipinski definition) is 1. The highest BCUT2D eigenvalue weighted by Gasteiger charge is 2.26. The number of carbonyl (C=O) groups is 1. The molecule has 5 nitrogen and oxygen atoms in total. The van der Waals surface area contributed by atoms with E-state index in [0.717, 1.165) is 6.08 Å². The van der Waals surface area contributed by atoms with Crippen LogP contribution in [0, 0.1) is 0 Å². The van der Waals surface area contributed by atoms with Crippen LogP contribution in [0.15, 0.2) is 15.4 Å². The van der Waals surface area contributed by atoms with Crippen LogP contribution in [0.4, 0.5) is 0 Å². The minimum Gasteiger partial charge on any atom is -0.476 e. The van der Waals surface area contributed by atoms with Crippen molar-refractivity contribution in [3.8, 4) is 0 Å². The monoisotopic (exact) mass is 221 g/mol. The molecule has 0 spiro atoms. The minimum atomic E-state index is -3.70. The second-order valence-electron chi connectivity index (χ2n) is 2.30. The van der Waals surface area contributed by atoms with Crippen molar-refractivity contribution in [2.45, 2.75) is 0 Å². The Bertz CT molecular complexity index is 393. The highest BCUT2D eigenvalue weighted by atomic mass is 32.2. The molecule has 72 valence electrons. The normalized spacial score (nSPS) is 19.5. The van der Waals surface area contributed by atoms with Gasteiger partial charge in [-0.15, -0.1) is 0 Å². The molecule has 0 atom stereocenters. The molecule has 1 heterocycles. The number of sulfonamides is 1. The molecule has 1 aliphatic rings. The molecule has 7 heteroatoms. The zero-order valence-electron chi connectivity index (χ0n) is 6.72. The second-order valence-corrected chi connectivity index (χ2v) is 4.82. The summed E-state index contributed by atoms with van der Waals surface area (Å²) in [4.78, 5) is 10.4. The molecule has 0 radical (unpaired) electrons. The first-order valence-electron chi connectivity index (χ1n) is 3.25. The van der Waals surface area contributed by atoms with Gasteiger partial charge in [0.2, 0.25) is 0 Å². The maximum atomic E-state index is 11.1. The minimum absolute atomic E-state index is 0.0531. The number of thioether (sulfide) groups is 1. The average Bonchev–Trinajstić information content (AvgIpc) is 2.28. The van der Waals surface area contributed by atoms with Gasteiger partial charge in [0, 0.05) is 5.75 Å². The Balaban J connectivity index is 3.05. The molecule has 1 N–H and O–H groups in total. The lowest BCUT2D eigenvalue weighted by molar-refractivity contribution is -0.129. The SMILES string of the molecule is CSCC1=CC(C(=O)O)=NS1(=O)=O. The maximum Gasteiger partial charge on any atom is 0.355 e. The van der Waals surface area contributed by atoms with Crippen LogP contribution < -0.4 is 0 Å². The Kier molecular flexibility index (Phi) is 2.77. The van der Waals surface area contributed by atoms with E-state index in [4.69, 9.17) is 5.11 Å². The van der Waals surface area contributed by atoms with Gasteiger partial charge in [-0.05, 0) is 12.3 Å². The van der Waals surface area contributed by atoms with E-state index >= 15 is 0 Å². The number of nitrogens with zero attached hydrogens (tertiary/aromatic N) is 1. The van der Waals surface area contributed by atoms with Crippen LogP contribution in [0.5, 0.6) is 0 Å². The van der Waals surface area contributed by atoms with Gasteiger partial charge in [0.25, 0.3) is 10.0 Å². The van der Waals surface area contributed by atoms with Crippen molar-refractivity contribution < 1.29 is 18.3 Å². The van der Waals surface area contributed by atoms with Gasteiger partial charge < -0.3 is 5.11 Å². The van der Waals surface area contributed by atoms with Crippen LogP contribution >= 0.6 is 11.8 Å². The molecule has 0 aromatic carbocycles. The topological polar surface area (TPSA) is 83.8 Å². The number of carboxylic acid groups (broad SMARTS) is 1. The summed E-state index contributed by atoms with van der Waals surface area (Å²) in [5.41, 5.74) is -0.413. The van der Waals surface area contributed by atoms with E-state index < -0.39 is 21.7 Å². The molecule has 13 heavy (non-hydrogen) atoms. The van der Waals surface area contributed by atoms with Crippen molar-refractivity contribution in [3.63, 3.8) is 0 Å². The molecule has 0 amide bonds. The third kappa shape index (κ3) is 2.10. The summed E-state index contributed by atoms with van der Waals surface area (Å²) in [6.45, 7) is 0. The Morgan fingerprint density at radius 1 is 1.69 bits per heavy atom. The molecular weight excluding hydrogens is 214 g/mol. The smallest absolute Gasteiger partial charge is 0.355 e. The van der Waals surface area contributed by atoms with Crippen molar-refractivity contribution in [1.82, 2.24) is 0 Å². The van der Waals surface area contributed by atoms with Gasteiger partial charge in [0.05, 0.1) is 4.91 Å². The average molecular weight is 221 g/mol. The number of aliphatic carboxylic acids is 1. The molecule has 1 aliphatic heterocycles. The van der Waals surface area contributed by atoms with Crippen molar-refractivity contribution in [3.05, 3.63) is 11.0 Å². The molecular formula is C6H7NO4S2. The van der Waals surface area contributed by atoms with Gasteiger partial charge in [-0.25, -0.2) is 4.79 Å². The second kappa shape index (κ2) is 3.51. The fraction of sp³-hybridized carbons (Fsp3) is 0.333. The van der Waals surface area contributed by atoms with E-state index in [0.29, 0.717) is 0 Å². The Labute approximate surface area is 79.6 Å². The van der Waals surface area contributed by atoms with Gasteiger partial charge >= 0.3 is 5.97 Å². The molecule has 0 unspecified atom stereocenters. The molecule has 0 saturated heterocycles. The zero-order valence-corrected chi connectivity index (χ0v) is 8.35. The van der Waals surface area contributed by atoms with Gasteiger partial charge in [-0.2, -0.15) is 24.6 Å². The van der Waals surface area contributed by atoms with Crippen molar-refractivity contribution >= 4 is 33.5 Å². The Morgan fingerprint density at radius 2 is 2.31 bits per heavy atom. The lowest BCUT2D eigenvalue weighted by atomic mass is 10.3. The molecule has 0 aliphatic carbocycles. The third-order valence-electron chi connectivity index (χ3n) is 1.35. The third-order valence-corrected chi connectivity index (χ3v) is 3.50. The fourth-order valence-electron chi connectivity index (χ4n) is 0.801. The lowest BCUT2D eigenvalue weighted by Gasteiger charge is -1.94. The molecule has 0 aromatic heterocycles. The Morgan fingerprint density at radius 3 is 2.69 bits per heavy atom. The summed E-state index contributed by atoms with van der Waals surface area (Å²) < 4.78 is 25.4. The van der Waals surface area contributed by atoms with E-state index in [1.165, 1.54) is 11.8 Å². The first-order valence-corrected chi connectivity index (χ1v) is 6.08. The molecule has 0 aromatic rings. The summed E-state index contributed by atoms with van der Waals surface area (Å²) in [6.07, 6.45) is 2.82. The van der Waals surface area contributed by atoms with Crippen LogP contribution in [-0.4, -0.2) is 37.2 Å². The van der Waals surface area contributed by atoms with E-state index in [1.807, 2.05) is 0 Å². The maximum absolute atomic E-state index is 11.1. The zero-order chi connectivity index (χ0) is 10.1. The number of hydrogen-bond acceptors (Lipinski definition) is 4. The standard InChI is InChI=1S/C6H7NO4S2/c1-12-3-4-2-5(6(8)9)7-13(4,10)11/h2H,3H2,1H3,(H,8,9). The highest BCUT2D eigenvalue weighted by molar-refractivity contribution is 8.01. The summed E-state index contributed by atoms with van der Waals surface area (Å²) in [6, 6.07) is 0. The largest absolute Gasteiger partial charge is 0.476 e. The quantitative estimate of drug-likeness (QED) is 0.730. The molecule has 0 fully saturated rings. The summed E-state index contributed by atoms with van der Waals surface area (Å²) >= 11 is 1.30. The first-order chi connectivity index (χ1) is 5.97. The van der Waals surface area contributed by atoms with Crippen LogP contribution in [-0.2, 0) is 14.8 Å². The summed E-state index contributed by atoms with van der Waals surface area (Å²) in [7, 11) is -3.70. The number of rotatable bonds is 3. The summed E-state index contributed by atoms with van der Waals surface area (Å²) in [5.74, 6) is -1.07. The first kappa shape index (κ1) is 10.3. The highest BCUT2D eigenvalue weighted by Crippen LogP contribution is 2.20. The van der Waals surface area contributed by atoms with E-state index in [1.54, 1.807) is 6.26 Å². The Hall–Kier alpha value is -0.820. The van der Waals surface area contributed by atoms with Gasteiger partial charge in [0.15, 0.2) is 5.71 Å². The molecule has 1 rings (SSSR count). The van der Waals surface area contributed by atoms with Gasteiger partial charge in [-0.3, -0.25) is 0 Å². The van der Waals surface area contributed by atoms with Crippen molar-refractivity contribution in [1.29, 1.82) is 0 Å². The number of carboxylic acids is 1. The van der Waals surface area contributed by atoms with Crippen LogP contribution in [0.25, 0.3) is 0 Å². The van der Waals surface area contributed by atoms with Gasteiger partial charge in [0.1, 0.15) is 0 Å².